The standard InChI is InChI=1S/C15H20BrNO4/c1-15(14(18)17(2)3)10-19-8-13(21-15)9-20-12-6-4-11(16)5-7-12/h4-7,13H,8-10H2,1-3H3/t13-,15?/m0/s1. The number of nitrogens with zero attached hydrogens (tertiary/aromatic N) is 1. The molecule has 0 aliphatic carbocycles. The van der Waals surface area contributed by atoms with Crippen LogP contribution in [-0.4, -0.2) is 56.4 Å². The van der Waals surface area contributed by atoms with E-state index in [1.807, 2.05) is 24.3 Å². The van der Waals surface area contributed by atoms with Gasteiger partial charge in [-0.05, 0) is 31.2 Å². The predicted octanol–water partition coefficient (Wildman–Crippen LogP) is 2.09. The van der Waals surface area contributed by atoms with Gasteiger partial charge >= 0.3 is 0 Å². The Balaban J connectivity index is 1.92. The molecule has 1 aliphatic heterocycles. The second kappa shape index (κ2) is 6.77. The lowest BCUT2D eigenvalue weighted by atomic mass is 10.0. The molecule has 116 valence electrons. The van der Waals surface area contributed by atoms with Gasteiger partial charge in [-0.15, -0.1) is 0 Å². The van der Waals surface area contributed by atoms with Crippen LogP contribution in [0, 0.1) is 0 Å². The highest BCUT2D eigenvalue weighted by Gasteiger charge is 2.41. The van der Waals surface area contributed by atoms with Gasteiger partial charge in [0.2, 0.25) is 0 Å². The van der Waals surface area contributed by atoms with E-state index in [4.69, 9.17) is 14.2 Å². The molecule has 0 saturated carbocycles. The van der Waals surface area contributed by atoms with Gasteiger partial charge in [-0.2, -0.15) is 0 Å². The van der Waals surface area contributed by atoms with Gasteiger partial charge in [-0.25, -0.2) is 0 Å². The number of hydrogen-bond acceptors (Lipinski definition) is 4. The quantitative estimate of drug-likeness (QED) is 0.827. The van der Waals surface area contributed by atoms with Crippen molar-refractivity contribution in [1.29, 1.82) is 0 Å². The number of amides is 1. The Labute approximate surface area is 133 Å². The van der Waals surface area contributed by atoms with Crippen molar-refractivity contribution in [1.82, 2.24) is 4.90 Å². The zero-order chi connectivity index (χ0) is 15.5. The number of likely N-dealkylation sites (N-methyl/N-ethyl adjacent to an activating group) is 1. The Bertz CT molecular complexity index is 491. The topological polar surface area (TPSA) is 48.0 Å². The van der Waals surface area contributed by atoms with E-state index in [0.717, 1.165) is 10.2 Å². The van der Waals surface area contributed by atoms with Crippen LogP contribution in [0.15, 0.2) is 28.7 Å². The summed E-state index contributed by atoms with van der Waals surface area (Å²) >= 11 is 3.38. The highest BCUT2D eigenvalue weighted by Crippen LogP contribution is 2.23. The first kappa shape index (κ1) is 16.3. The third kappa shape index (κ3) is 4.18. The Kier molecular flexibility index (Phi) is 5.24. The first-order valence-corrected chi connectivity index (χ1v) is 7.56. The lowest BCUT2D eigenvalue weighted by Gasteiger charge is -2.38. The molecule has 0 aromatic heterocycles. The molecule has 1 aromatic rings. The average molecular weight is 358 g/mol. The molecule has 0 N–H and O–H groups in total. The minimum absolute atomic E-state index is 0.101. The van der Waals surface area contributed by atoms with Gasteiger partial charge in [0, 0.05) is 18.6 Å². The lowest BCUT2D eigenvalue weighted by Crippen LogP contribution is -2.56. The van der Waals surface area contributed by atoms with E-state index in [2.05, 4.69) is 15.9 Å². The summed E-state index contributed by atoms with van der Waals surface area (Å²) in [6.07, 6.45) is -0.267. The summed E-state index contributed by atoms with van der Waals surface area (Å²) in [6.45, 7) is 2.78. The van der Waals surface area contributed by atoms with Crippen molar-refractivity contribution in [2.75, 3.05) is 33.9 Å². The molecular weight excluding hydrogens is 338 g/mol. The van der Waals surface area contributed by atoms with Crippen LogP contribution in [0.25, 0.3) is 0 Å². The molecule has 0 radical (unpaired) electrons. The van der Waals surface area contributed by atoms with Gasteiger partial charge < -0.3 is 19.1 Å². The Hall–Kier alpha value is -1.11. The molecule has 1 heterocycles. The highest BCUT2D eigenvalue weighted by molar-refractivity contribution is 9.10. The van der Waals surface area contributed by atoms with Gasteiger partial charge in [0.15, 0.2) is 5.60 Å². The average Bonchev–Trinajstić information content (AvgIpc) is 2.46. The Morgan fingerprint density at radius 2 is 2.10 bits per heavy atom. The van der Waals surface area contributed by atoms with Crippen molar-refractivity contribution < 1.29 is 19.0 Å². The summed E-state index contributed by atoms with van der Waals surface area (Å²) in [6, 6.07) is 7.57. The zero-order valence-electron chi connectivity index (χ0n) is 12.5. The molecule has 1 aromatic carbocycles. The summed E-state index contributed by atoms with van der Waals surface area (Å²) in [7, 11) is 3.41. The minimum Gasteiger partial charge on any atom is -0.491 e. The first-order chi connectivity index (χ1) is 9.90. The van der Waals surface area contributed by atoms with Crippen LogP contribution < -0.4 is 4.74 Å². The van der Waals surface area contributed by atoms with E-state index in [0.29, 0.717) is 13.2 Å². The van der Waals surface area contributed by atoms with E-state index in [-0.39, 0.29) is 18.6 Å². The molecule has 0 spiro atoms. The molecule has 1 saturated heterocycles. The number of hydrogen-bond donors (Lipinski definition) is 0. The second-order valence-corrected chi connectivity index (χ2v) is 6.37. The fraction of sp³-hybridized carbons (Fsp3) is 0.533. The predicted molar refractivity (Wildman–Crippen MR) is 82.4 cm³/mol. The molecule has 21 heavy (non-hydrogen) atoms. The Morgan fingerprint density at radius 3 is 2.71 bits per heavy atom. The van der Waals surface area contributed by atoms with Crippen molar-refractivity contribution in [2.24, 2.45) is 0 Å². The molecule has 0 bridgehead atoms. The molecule has 2 rings (SSSR count). The highest BCUT2D eigenvalue weighted by atomic mass is 79.9. The van der Waals surface area contributed by atoms with Gasteiger partial charge in [0.1, 0.15) is 18.5 Å². The number of rotatable bonds is 4. The van der Waals surface area contributed by atoms with E-state index in [9.17, 15) is 4.79 Å². The first-order valence-electron chi connectivity index (χ1n) is 6.76. The van der Waals surface area contributed by atoms with Crippen molar-refractivity contribution in [3.63, 3.8) is 0 Å². The Morgan fingerprint density at radius 1 is 1.43 bits per heavy atom. The normalized spacial score (nSPS) is 25.4. The molecule has 1 amide bonds. The van der Waals surface area contributed by atoms with Crippen LogP contribution in [0.3, 0.4) is 0 Å². The van der Waals surface area contributed by atoms with Crippen molar-refractivity contribution in [3.8, 4) is 5.75 Å². The fourth-order valence-corrected chi connectivity index (χ4v) is 2.47. The summed E-state index contributed by atoms with van der Waals surface area (Å²) in [5, 5.41) is 0. The molecule has 1 fully saturated rings. The van der Waals surface area contributed by atoms with Crippen molar-refractivity contribution in [3.05, 3.63) is 28.7 Å². The molecule has 1 unspecified atom stereocenters. The second-order valence-electron chi connectivity index (χ2n) is 5.45. The van der Waals surface area contributed by atoms with Crippen LogP contribution in [0.2, 0.25) is 0 Å². The third-order valence-electron chi connectivity index (χ3n) is 3.22. The van der Waals surface area contributed by atoms with Crippen LogP contribution in [-0.2, 0) is 14.3 Å². The lowest BCUT2D eigenvalue weighted by molar-refractivity contribution is -0.207. The molecule has 1 aliphatic rings. The van der Waals surface area contributed by atoms with E-state index in [1.165, 1.54) is 4.90 Å². The van der Waals surface area contributed by atoms with Crippen LogP contribution in [0.5, 0.6) is 5.75 Å². The van der Waals surface area contributed by atoms with Crippen LogP contribution >= 0.6 is 15.9 Å². The minimum atomic E-state index is -0.949. The SMILES string of the molecule is CN(C)C(=O)C1(C)COC[C@@H](COc2ccc(Br)cc2)O1. The maximum atomic E-state index is 12.2. The number of carbonyl (C=O) groups excluding carboxylic acids is 1. The van der Waals surface area contributed by atoms with Gasteiger partial charge in [-0.3, -0.25) is 4.79 Å². The molecular formula is C15H20BrNO4. The van der Waals surface area contributed by atoms with E-state index < -0.39 is 5.60 Å². The van der Waals surface area contributed by atoms with Crippen LogP contribution in [0.1, 0.15) is 6.92 Å². The summed E-state index contributed by atoms with van der Waals surface area (Å²) in [4.78, 5) is 13.7. The number of halogens is 1. The van der Waals surface area contributed by atoms with E-state index in [1.54, 1.807) is 21.0 Å². The summed E-state index contributed by atoms with van der Waals surface area (Å²) < 4.78 is 18.1. The van der Waals surface area contributed by atoms with E-state index >= 15 is 0 Å². The monoisotopic (exact) mass is 357 g/mol. The fourth-order valence-electron chi connectivity index (χ4n) is 2.21. The van der Waals surface area contributed by atoms with Gasteiger partial charge in [-0.1, -0.05) is 15.9 Å². The molecule has 2 atom stereocenters. The molecule has 6 heteroatoms. The summed E-state index contributed by atoms with van der Waals surface area (Å²) in [5.41, 5.74) is -0.949. The third-order valence-corrected chi connectivity index (χ3v) is 3.74. The maximum absolute atomic E-state index is 12.2. The zero-order valence-corrected chi connectivity index (χ0v) is 14.1. The number of ether oxygens (including phenoxy) is 3. The number of benzene rings is 1. The summed E-state index contributed by atoms with van der Waals surface area (Å²) in [5.74, 6) is 0.656. The molecule has 5 nitrogen and oxygen atoms in total. The van der Waals surface area contributed by atoms with Gasteiger partial charge in [0.05, 0.1) is 13.2 Å². The smallest absolute Gasteiger partial charge is 0.256 e. The largest absolute Gasteiger partial charge is 0.491 e. The van der Waals surface area contributed by atoms with Gasteiger partial charge in [0.25, 0.3) is 5.91 Å². The van der Waals surface area contributed by atoms with Crippen molar-refractivity contribution in [2.45, 2.75) is 18.6 Å². The van der Waals surface area contributed by atoms with Crippen LogP contribution in [0.4, 0.5) is 0 Å². The maximum Gasteiger partial charge on any atom is 0.256 e. The van der Waals surface area contributed by atoms with Crippen molar-refractivity contribution >= 4 is 21.8 Å². The number of carbonyl (C=O) groups is 1.